The molecule has 1 saturated carbocycles. The van der Waals surface area contributed by atoms with Crippen molar-refractivity contribution in [3.05, 3.63) is 30.3 Å². The molecule has 1 aromatic carbocycles. The zero-order chi connectivity index (χ0) is 12.8. The molecular formula is C14H20N2O2. The molecule has 18 heavy (non-hydrogen) atoms. The topological polar surface area (TPSA) is 64.3 Å². The van der Waals surface area contributed by atoms with Crippen molar-refractivity contribution in [1.29, 1.82) is 0 Å². The van der Waals surface area contributed by atoms with Gasteiger partial charge in [-0.2, -0.15) is 0 Å². The van der Waals surface area contributed by atoms with Gasteiger partial charge < -0.3 is 15.8 Å². The average molecular weight is 248 g/mol. The van der Waals surface area contributed by atoms with Gasteiger partial charge in [0, 0.05) is 6.04 Å². The van der Waals surface area contributed by atoms with Gasteiger partial charge in [0.1, 0.15) is 5.75 Å². The van der Waals surface area contributed by atoms with E-state index in [1.807, 2.05) is 18.2 Å². The Hall–Kier alpha value is -1.55. The van der Waals surface area contributed by atoms with Crippen molar-refractivity contribution in [3.63, 3.8) is 0 Å². The minimum absolute atomic E-state index is 0.153. The first kappa shape index (κ1) is 12.9. The van der Waals surface area contributed by atoms with E-state index < -0.39 is 0 Å². The molecule has 0 spiro atoms. The van der Waals surface area contributed by atoms with Gasteiger partial charge in [-0.25, -0.2) is 4.79 Å². The quantitative estimate of drug-likeness (QED) is 0.862. The summed E-state index contributed by atoms with van der Waals surface area (Å²) >= 11 is 0. The average Bonchev–Trinajstić information content (AvgIpc) is 2.40. The van der Waals surface area contributed by atoms with Gasteiger partial charge in [0.05, 0.1) is 0 Å². The number of benzene rings is 1. The molecule has 0 aliphatic heterocycles. The number of para-hydroxylation sites is 1. The predicted molar refractivity (Wildman–Crippen MR) is 70.4 cm³/mol. The Kier molecular flexibility index (Phi) is 4.59. The van der Waals surface area contributed by atoms with Gasteiger partial charge >= 0.3 is 6.09 Å². The normalized spacial score (nSPS) is 23.4. The maximum absolute atomic E-state index is 11.8. The van der Waals surface area contributed by atoms with Crippen molar-refractivity contribution >= 4 is 6.09 Å². The molecule has 0 radical (unpaired) electrons. The first-order valence-electron chi connectivity index (χ1n) is 6.53. The van der Waals surface area contributed by atoms with Gasteiger partial charge in [0.15, 0.2) is 0 Å². The second-order valence-electron chi connectivity index (χ2n) is 4.73. The number of hydrogen-bond donors (Lipinski definition) is 2. The highest BCUT2D eigenvalue weighted by atomic mass is 16.6. The molecule has 3 N–H and O–H groups in total. The molecule has 0 aromatic heterocycles. The molecule has 1 fully saturated rings. The number of hydrogen-bond acceptors (Lipinski definition) is 3. The molecule has 2 atom stereocenters. The number of carbonyl (C=O) groups excluding carboxylic acids is 1. The Balaban J connectivity index is 1.86. The van der Waals surface area contributed by atoms with Crippen LogP contribution in [-0.2, 0) is 0 Å². The summed E-state index contributed by atoms with van der Waals surface area (Å²) in [5.41, 5.74) is 5.73. The fourth-order valence-electron chi connectivity index (χ4n) is 2.46. The van der Waals surface area contributed by atoms with E-state index in [-0.39, 0.29) is 12.1 Å². The summed E-state index contributed by atoms with van der Waals surface area (Å²) in [5.74, 6) is 0.942. The van der Waals surface area contributed by atoms with Crippen LogP contribution in [0.25, 0.3) is 0 Å². The van der Waals surface area contributed by atoms with Crippen molar-refractivity contribution < 1.29 is 9.53 Å². The summed E-state index contributed by atoms with van der Waals surface area (Å²) in [6.45, 7) is 0.621. The number of nitrogens with two attached hydrogens (primary N) is 1. The lowest BCUT2D eigenvalue weighted by atomic mass is 9.85. The maximum Gasteiger partial charge on any atom is 0.412 e. The molecular weight excluding hydrogens is 228 g/mol. The molecule has 0 bridgehead atoms. The number of ether oxygens (including phenoxy) is 1. The van der Waals surface area contributed by atoms with E-state index in [4.69, 9.17) is 10.5 Å². The second-order valence-corrected chi connectivity index (χ2v) is 4.73. The third kappa shape index (κ3) is 3.47. The minimum Gasteiger partial charge on any atom is -0.410 e. The van der Waals surface area contributed by atoms with Gasteiger partial charge in [-0.05, 0) is 37.4 Å². The molecule has 1 aromatic rings. The Bertz CT molecular complexity index is 381. The first-order valence-corrected chi connectivity index (χ1v) is 6.53. The molecule has 98 valence electrons. The summed E-state index contributed by atoms with van der Waals surface area (Å²) in [7, 11) is 0. The van der Waals surface area contributed by atoms with Gasteiger partial charge in [-0.15, -0.1) is 0 Å². The molecule has 0 saturated heterocycles. The van der Waals surface area contributed by atoms with E-state index in [0.29, 0.717) is 18.2 Å². The largest absolute Gasteiger partial charge is 0.412 e. The monoisotopic (exact) mass is 248 g/mol. The van der Waals surface area contributed by atoms with Gasteiger partial charge in [-0.3, -0.25) is 0 Å². The van der Waals surface area contributed by atoms with Crippen LogP contribution < -0.4 is 15.8 Å². The van der Waals surface area contributed by atoms with Crippen molar-refractivity contribution in [2.75, 3.05) is 6.54 Å². The molecule has 4 nitrogen and oxygen atoms in total. The molecule has 0 heterocycles. The van der Waals surface area contributed by atoms with Crippen LogP contribution in [0.4, 0.5) is 4.79 Å². The lowest BCUT2D eigenvalue weighted by molar-refractivity contribution is 0.182. The van der Waals surface area contributed by atoms with E-state index in [0.717, 1.165) is 19.3 Å². The lowest BCUT2D eigenvalue weighted by Crippen LogP contribution is -2.45. The van der Waals surface area contributed by atoms with Gasteiger partial charge in [-0.1, -0.05) is 31.0 Å². The summed E-state index contributed by atoms with van der Waals surface area (Å²) in [5, 5.41) is 2.93. The van der Waals surface area contributed by atoms with Crippen LogP contribution in [0.2, 0.25) is 0 Å². The third-order valence-corrected chi connectivity index (χ3v) is 3.47. The number of amides is 1. The zero-order valence-electron chi connectivity index (χ0n) is 10.5. The summed E-state index contributed by atoms with van der Waals surface area (Å²) in [4.78, 5) is 11.8. The van der Waals surface area contributed by atoms with Crippen LogP contribution in [0, 0.1) is 5.92 Å². The van der Waals surface area contributed by atoms with Crippen molar-refractivity contribution in [2.24, 2.45) is 11.7 Å². The Morgan fingerprint density at radius 3 is 2.72 bits per heavy atom. The SMILES string of the molecule is NCC1CCCCC1NC(=O)Oc1ccccc1. The first-order chi connectivity index (χ1) is 8.79. The van der Waals surface area contributed by atoms with Crippen LogP contribution in [-0.4, -0.2) is 18.7 Å². The highest BCUT2D eigenvalue weighted by Crippen LogP contribution is 2.23. The molecule has 2 rings (SSSR count). The van der Waals surface area contributed by atoms with E-state index in [2.05, 4.69) is 5.32 Å². The minimum atomic E-state index is -0.383. The number of rotatable bonds is 3. The smallest absolute Gasteiger partial charge is 0.410 e. The number of carbonyl (C=O) groups is 1. The fraction of sp³-hybridized carbons (Fsp3) is 0.500. The molecule has 1 aliphatic rings. The summed E-state index contributed by atoms with van der Waals surface area (Å²) < 4.78 is 5.22. The molecule has 2 unspecified atom stereocenters. The van der Waals surface area contributed by atoms with E-state index in [1.54, 1.807) is 12.1 Å². The zero-order valence-corrected chi connectivity index (χ0v) is 10.5. The Labute approximate surface area is 108 Å². The predicted octanol–water partition coefficient (Wildman–Crippen LogP) is 2.29. The van der Waals surface area contributed by atoms with Crippen LogP contribution in [0.3, 0.4) is 0 Å². The third-order valence-electron chi connectivity index (χ3n) is 3.47. The highest BCUT2D eigenvalue weighted by Gasteiger charge is 2.25. The van der Waals surface area contributed by atoms with Crippen molar-refractivity contribution in [2.45, 2.75) is 31.7 Å². The van der Waals surface area contributed by atoms with Gasteiger partial charge in [0.25, 0.3) is 0 Å². The highest BCUT2D eigenvalue weighted by molar-refractivity contribution is 5.70. The van der Waals surface area contributed by atoms with Gasteiger partial charge in [0.2, 0.25) is 0 Å². The van der Waals surface area contributed by atoms with E-state index in [9.17, 15) is 4.79 Å². The summed E-state index contributed by atoms with van der Waals surface area (Å²) in [6.07, 6.45) is 4.05. The maximum atomic E-state index is 11.8. The van der Waals surface area contributed by atoms with E-state index >= 15 is 0 Å². The lowest BCUT2D eigenvalue weighted by Gasteiger charge is -2.30. The summed E-state index contributed by atoms with van der Waals surface area (Å²) in [6, 6.07) is 9.25. The van der Waals surface area contributed by atoms with Crippen molar-refractivity contribution in [3.8, 4) is 5.75 Å². The number of nitrogens with one attached hydrogen (secondary N) is 1. The molecule has 4 heteroatoms. The Morgan fingerprint density at radius 1 is 1.28 bits per heavy atom. The second kappa shape index (κ2) is 6.40. The van der Waals surface area contributed by atoms with Crippen LogP contribution >= 0.6 is 0 Å². The Morgan fingerprint density at radius 2 is 2.00 bits per heavy atom. The van der Waals surface area contributed by atoms with Crippen molar-refractivity contribution in [1.82, 2.24) is 5.32 Å². The van der Waals surface area contributed by atoms with E-state index in [1.165, 1.54) is 6.42 Å². The fourth-order valence-corrected chi connectivity index (χ4v) is 2.46. The standard InChI is InChI=1S/C14H20N2O2/c15-10-11-6-4-5-9-13(11)16-14(17)18-12-7-2-1-3-8-12/h1-3,7-8,11,13H,4-6,9-10,15H2,(H,16,17). The molecule has 1 aliphatic carbocycles. The van der Waals surface area contributed by atoms with Crippen LogP contribution in [0.15, 0.2) is 30.3 Å². The van der Waals surface area contributed by atoms with Crippen LogP contribution in [0.1, 0.15) is 25.7 Å². The molecule has 1 amide bonds. The van der Waals surface area contributed by atoms with Crippen LogP contribution in [0.5, 0.6) is 5.75 Å².